The van der Waals surface area contributed by atoms with Crippen LogP contribution in [0, 0.1) is 0 Å². The lowest BCUT2D eigenvalue weighted by Gasteiger charge is -2.29. The van der Waals surface area contributed by atoms with E-state index in [-0.39, 0.29) is 12.6 Å². The van der Waals surface area contributed by atoms with Crippen molar-refractivity contribution in [2.45, 2.75) is 45.6 Å². The van der Waals surface area contributed by atoms with Crippen molar-refractivity contribution >= 4 is 22.9 Å². The molecule has 1 aliphatic heterocycles. The number of rotatable bonds is 5. The SMILES string of the molecule is CC(C)n1cnc2c(NCc3cccc(C(F)(F)F)c3)nc(N3CCc4ccccc4C3)nc21. The molecule has 0 unspecified atom stereocenters. The highest BCUT2D eigenvalue weighted by molar-refractivity contribution is 5.84. The third-order valence-electron chi connectivity index (χ3n) is 6.09. The molecule has 0 fully saturated rings. The van der Waals surface area contributed by atoms with Gasteiger partial charge in [0.05, 0.1) is 11.9 Å². The molecule has 0 saturated heterocycles. The van der Waals surface area contributed by atoms with Gasteiger partial charge in [0, 0.05) is 25.7 Å². The van der Waals surface area contributed by atoms with Crippen LogP contribution in [0.2, 0.25) is 0 Å². The maximum absolute atomic E-state index is 13.1. The average Bonchev–Trinajstić information content (AvgIpc) is 3.26. The molecule has 6 nitrogen and oxygen atoms in total. The number of alkyl halides is 3. The molecule has 0 spiro atoms. The van der Waals surface area contributed by atoms with Crippen LogP contribution >= 0.6 is 0 Å². The second-order valence-corrected chi connectivity index (χ2v) is 8.78. The minimum Gasteiger partial charge on any atom is -0.364 e. The molecule has 1 aliphatic rings. The summed E-state index contributed by atoms with van der Waals surface area (Å²) in [5.41, 5.74) is 3.71. The van der Waals surface area contributed by atoms with Crippen LogP contribution in [-0.2, 0) is 25.7 Å². The van der Waals surface area contributed by atoms with Crippen LogP contribution in [0.4, 0.5) is 24.9 Å². The van der Waals surface area contributed by atoms with Crippen LogP contribution in [0.25, 0.3) is 11.2 Å². The fraction of sp³-hybridized carbons (Fsp3) is 0.320. The van der Waals surface area contributed by atoms with E-state index in [9.17, 15) is 13.2 Å². The molecule has 0 bridgehead atoms. The van der Waals surface area contributed by atoms with Crippen molar-refractivity contribution in [3.63, 3.8) is 0 Å². The second-order valence-electron chi connectivity index (χ2n) is 8.78. The molecular weight excluding hydrogens is 441 g/mol. The lowest BCUT2D eigenvalue weighted by atomic mass is 10.0. The van der Waals surface area contributed by atoms with Gasteiger partial charge in [0.15, 0.2) is 17.0 Å². The molecule has 4 aromatic rings. The molecule has 2 aromatic heterocycles. The largest absolute Gasteiger partial charge is 0.416 e. The lowest BCUT2D eigenvalue weighted by Crippen LogP contribution is -2.32. The second kappa shape index (κ2) is 8.62. The van der Waals surface area contributed by atoms with Crippen LogP contribution in [0.5, 0.6) is 0 Å². The number of imidazole rings is 1. The van der Waals surface area contributed by atoms with Crippen molar-refractivity contribution in [3.8, 4) is 0 Å². The van der Waals surface area contributed by atoms with Crippen molar-refractivity contribution in [2.24, 2.45) is 0 Å². The van der Waals surface area contributed by atoms with Gasteiger partial charge in [-0.15, -0.1) is 0 Å². The van der Waals surface area contributed by atoms with Gasteiger partial charge < -0.3 is 14.8 Å². The highest BCUT2D eigenvalue weighted by atomic mass is 19.4. The first kappa shape index (κ1) is 22.2. The summed E-state index contributed by atoms with van der Waals surface area (Å²) >= 11 is 0. The van der Waals surface area contributed by atoms with Gasteiger partial charge in [-0.05, 0) is 49.1 Å². The van der Waals surface area contributed by atoms with E-state index < -0.39 is 11.7 Å². The minimum absolute atomic E-state index is 0.145. The van der Waals surface area contributed by atoms with Gasteiger partial charge in [0.1, 0.15) is 0 Å². The smallest absolute Gasteiger partial charge is 0.364 e. The first-order valence-electron chi connectivity index (χ1n) is 11.3. The molecule has 0 amide bonds. The van der Waals surface area contributed by atoms with Crippen LogP contribution in [0.15, 0.2) is 54.9 Å². The summed E-state index contributed by atoms with van der Waals surface area (Å²) in [4.78, 5) is 16.2. The molecule has 0 radical (unpaired) electrons. The first-order chi connectivity index (χ1) is 16.3. The highest BCUT2D eigenvalue weighted by Crippen LogP contribution is 2.31. The zero-order valence-electron chi connectivity index (χ0n) is 19.0. The minimum atomic E-state index is -4.38. The molecule has 5 rings (SSSR count). The fourth-order valence-electron chi connectivity index (χ4n) is 4.26. The quantitative estimate of drug-likeness (QED) is 0.415. The molecule has 0 atom stereocenters. The zero-order valence-corrected chi connectivity index (χ0v) is 19.0. The van der Waals surface area contributed by atoms with E-state index >= 15 is 0 Å². The molecule has 0 saturated carbocycles. The summed E-state index contributed by atoms with van der Waals surface area (Å²) in [6.07, 6.45) is -1.76. The number of fused-ring (bicyclic) bond motifs is 2. The van der Waals surface area contributed by atoms with Crippen molar-refractivity contribution in [1.82, 2.24) is 19.5 Å². The van der Waals surface area contributed by atoms with E-state index in [2.05, 4.69) is 41.2 Å². The van der Waals surface area contributed by atoms with E-state index in [0.717, 1.165) is 25.1 Å². The average molecular weight is 467 g/mol. The summed E-state index contributed by atoms with van der Waals surface area (Å²) in [5.74, 6) is 1.09. The number of hydrogen-bond acceptors (Lipinski definition) is 5. The van der Waals surface area contributed by atoms with Gasteiger partial charge in [-0.2, -0.15) is 23.1 Å². The van der Waals surface area contributed by atoms with Crippen molar-refractivity contribution in [2.75, 3.05) is 16.8 Å². The van der Waals surface area contributed by atoms with Crippen LogP contribution in [0.1, 0.15) is 42.1 Å². The number of hydrogen-bond donors (Lipinski definition) is 1. The summed E-state index contributed by atoms with van der Waals surface area (Å²) in [5, 5.41) is 3.21. The number of anilines is 2. The van der Waals surface area contributed by atoms with Crippen LogP contribution in [-0.4, -0.2) is 26.1 Å². The Morgan fingerprint density at radius 3 is 2.59 bits per heavy atom. The van der Waals surface area contributed by atoms with E-state index in [4.69, 9.17) is 9.97 Å². The maximum Gasteiger partial charge on any atom is 0.416 e. The zero-order chi connectivity index (χ0) is 23.9. The van der Waals surface area contributed by atoms with E-state index in [1.807, 2.05) is 16.7 Å². The van der Waals surface area contributed by atoms with E-state index in [0.29, 0.717) is 35.0 Å². The fourth-order valence-corrected chi connectivity index (χ4v) is 4.26. The maximum atomic E-state index is 13.1. The van der Waals surface area contributed by atoms with Gasteiger partial charge in [-0.25, -0.2) is 4.98 Å². The summed E-state index contributed by atoms with van der Waals surface area (Å²) < 4.78 is 41.3. The molecule has 3 heterocycles. The summed E-state index contributed by atoms with van der Waals surface area (Å²) in [6.45, 7) is 5.77. The number of benzene rings is 2. The van der Waals surface area contributed by atoms with Gasteiger partial charge in [0.25, 0.3) is 0 Å². The Labute approximate surface area is 195 Å². The molecule has 34 heavy (non-hydrogen) atoms. The molecule has 9 heteroatoms. The number of aromatic nitrogens is 4. The van der Waals surface area contributed by atoms with Gasteiger partial charge in [0.2, 0.25) is 5.95 Å². The normalized spacial score (nSPS) is 14.0. The van der Waals surface area contributed by atoms with Gasteiger partial charge in [-0.3, -0.25) is 0 Å². The third kappa shape index (κ3) is 4.30. The molecule has 1 N–H and O–H groups in total. The predicted octanol–water partition coefficient (Wildman–Crippen LogP) is 5.60. The van der Waals surface area contributed by atoms with E-state index in [1.54, 1.807) is 12.4 Å². The topological polar surface area (TPSA) is 58.9 Å². The van der Waals surface area contributed by atoms with Crippen LogP contribution < -0.4 is 10.2 Å². The summed E-state index contributed by atoms with van der Waals surface area (Å²) in [6, 6.07) is 13.8. The highest BCUT2D eigenvalue weighted by Gasteiger charge is 2.30. The van der Waals surface area contributed by atoms with Gasteiger partial charge >= 0.3 is 6.18 Å². The first-order valence-corrected chi connectivity index (χ1v) is 11.3. The Hall–Kier alpha value is -3.62. The standard InChI is InChI=1S/C25H25F3N6/c1-16(2)34-15-30-21-22(29-13-17-6-5-9-20(12-17)25(26,27)28)31-24(32-23(21)34)33-11-10-18-7-3-4-8-19(18)14-33/h3-9,12,15-16H,10-11,13-14H2,1-2H3,(H,29,31,32). The molecule has 0 aliphatic carbocycles. The predicted molar refractivity (Wildman–Crippen MR) is 126 cm³/mol. The Morgan fingerprint density at radius 2 is 1.82 bits per heavy atom. The Kier molecular flexibility index (Phi) is 5.63. The number of nitrogens with one attached hydrogen (secondary N) is 1. The molecule has 2 aromatic carbocycles. The summed E-state index contributed by atoms with van der Waals surface area (Å²) in [7, 11) is 0. The van der Waals surface area contributed by atoms with Gasteiger partial charge in [-0.1, -0.05) is 36.4 Å². The van der Waals surface area contributed by atoms with Crippen molar-refractivity contribution < 1.29 is 13.2 Å². The van der Waals surface area contributed by atoms with E-state index in [1.165, 1.54) is 17.2 Å². The van der Waals surface area contributed by atoms with Crippen molar-refractivity contribution in [1.29, 1.82) is 0 Å². The van der Waals surface area contributed by atoms with Crippen LogP contribution in [0.3, 0.4) is 0 Å². The Balaban J connectivity index is 1.49. The molecular formula is C25H25F3N6. The number of halogens is 3. The monoisotopic (exact) mass is 466 g/mol. The third-order valence-corrected chi connectivity index (χ3v) is 6.09. The lowest BCUT2D eigenvalue weighted by molar-refractivity contribution is -0.137. The van der Waals surface area contributed by atoms with Crippen molar-refractivity contribution in [3.05, 3.63) is 77.1 Å². The number of nitrogens with zero attached hydrogens (tertiary/aromatic N) is 5. The molecule has 176 valence electrons. The Morgan fingerprint density at radius 1 is 1.03 bits per heavy atom. The Bertz CT molecular complexity index is 1330.